The number of hydrogen-bond acceptors (Lipinski definition) is 3. The Morgan fingerprint density at radius 3 is 1.85 bits per heavy atom. The van der Waals surface area contributed by atoms with E-state index in [9.17, 15) is 12.6 Å². The van der Waals surface area contributed by atoms with Gasteiger partial charge >= 0.3 is 5.25 Å². The van der Waals surface area contributed by atoms with Gasteiger partial charge in [-0.25, -0.2) is 17.3 Å². The van der Waals surface area contributed by atoms with Crippen molar-refractivity contribution < 1.29 is 21.4 Å². The lowest BCUT2D eigenvalue weighted by atomic mass is 10.1. The monoisotopic (exact) mass is 401 g/mol. The van der Waals surface area contributed by atoms with Crippen LogP contribution < -0.4 is 4.72 Å². The Hall–Kier alpha value is -1.64. The molecule has 0 aliphatic carbocycles. The van der Waals surface area contributed by atoms with E-state index in [0.29, 0.717) is 0 Å². The summed E-state index contributed by atoms with van der Waals surface area (Å²) in [5.41, 5.74) is 0.0367. The molecule has 0 saturated heterocycles. The molecule has 4 nitrogen and oxygen atoms in total. The van der Waals surface area contributed by atoms with Gasteiger partial charge in [0.15, 0.2) is 0 Å². The molecule has 0 fully saturated rings. The largest absolute Gasteiger partial charge is 0.369 e. The van der Waals surface area contributed by atoms with E-state index in [1.807, 2.05) is 0 Å². The van der Waals surface area contributed by atoms with Gasteiger partial charge < -0.3 is 0 Å². The lowest BCUT2D eigenvalue weighted by Crippen LogP contribution is -2.47. The molecule has 0 amide bonds. The van der Waals surface area contributed by atoms with Crippen LogP contribution in [0.2, 0.25) is 0 Å². The zero-order valence-corrected chi connectivity index (χ0v) is 16.3. The van der Waals surface area contributed by atoms with Crippen molar-refractivity contribution in [2.75, 3.05) is 0 Å². The van der Waals surface area contributed by atoms with Gasteiger partial charge in [0.1, 0.15) is 6.04 Å². The van der Waals surface area contributed by atoms with E-state index in [1.165, 1.54) is 36.4 Å². The molecule has 1 N–H and O–H groups in total. The molecule has 2 atom stereocenters. The number of sulfone groups is 1. The van der Waals surface area contributed by atoms with Crippen molar-refractivity contribution in [1.82, 2.24) is 4.72 Å². The molecular weight excluding hydrogens is 380 g/mol. The smallest absolute Gasteiger partial charge is 0.242 e. The number of alkyl halides is 2. The summed E-state index contributed by atoms with van der Waals surface area (Å²) in [6, 6.07) is 12.0. The zero-order chi connectivity index (χ0) is 19.6. The van der Waals surface area contributed by atoms with Crippen LogP contribution >= 0.6 is 0 Å². The van der Waals surface area contributed by atoms with Crippen molar-refractivity contribution in [2.24, 2.45) is 0 Å². The molecule has 0 spiro atoms. The van der Waals surface area contributed by atoms with Crippen LogP contribution in [-0.4, -0.2) is 22.6 Å². The van der Waals surface area contributed by atoms with Gasteiger partial charge in [0, 0.05) is 0 Å². The van der Waals surface area contributed by atoms with Crippen molar-refractivity contribution in [3.63, 3.8) is 0 Å². The Kier molecular flexibility index (Phi) is 5.99. The maximum atomic E-state index is 15.2. The van der Waals surface area contributed by atoms with E-state index in [4.69, 9.17) is 0 Å². The van der Waals surface area contributed by atoms with Gasteiger partial charge in [0.05, 0.1) is 20.6 Å². The maximum Gasteiger partial charge on any atom is 0.369 e. The zero-order valence-electron chi connectivity index (χ0n) is 14.6. The first-order valence-electron chi connectivity index (χ1n) is 7.88. The lowest BCUT2D eigenvalue weighted by molar-refractivity contribution is 0.0559. The fourth-order valence-electron chi connectivity index (χ4n) is 2.17. The van der Waals surface area contributed by atoms with Gasteiger partial charge in [-0.15, -0.1) is 0 Å². The van der Waals surface area contributed by atoms with Crippen molar-refractivity contribution in [2.45, 2.75) is 41.7 Å². The second kappa shape index (κ2) is 7.54. The van der Waals surface area contributed by atoms with Crippen molar-refractivity contribution in [3.8, 4) is 0 Å². The van der Waals surface area contributed by atoms with Crippen LogP contribution in [0.1, 0.15) is 32.4 Å². The molecule has 2 aromatic carbocycles. The molecule has 26 heavy (non-hydrogen) atoms. The number of benzene rings is 2. The second-order valence-corrected chi connectivity index (χ2v) is 10.7. The van der Waals surface area contributed by atoms with E-state index in [0.717, 1.165) is 12.1 Å². The summed E-state index contributed by atoms with van der Waals surface area (Å²) in [6.07, 6.45) is 0. The van der Waals surface area contributed by atoms with E-state index in [1.54, 1.807) is 32.9 Å². The first-order chi connectivity index (χ1) is 12.0. The van der Waals surface area contributed by atoms with Crippen LogP contribution in [0.3, 0.4) is 0 Å². The molecule has 0 aliphatic heterocycles. The van der Waals surface area contributed by atoms with E-state index in [2.05, 4.69) is 4.72 Å². The first-order valence-corrected chi connectivity index (χ1v) is 10.5. The van der Waals surface area contributed by atoms with Crippen LogP contribution in [0.4, 0.5) is 8.78 Å². The van der Waals surface area contributed by atoms with Gasteiger partial charge in [0.2, 0.25) is 9.84 Å². The van der Waals surface area contributed by atoms with Crippen LogP contribution in [-0.2, 0) is 20.8 Å². The predicted octanol–water partition coefficient (Wildman–Crippen LogP) is 3.85. The molecule has 0 bridgehead atoms. The summed E-state index contributed by atoms with van der Waals surface area (Å²) < 4.78 is 69.5. The van der Waals surface area contributed by atoms with Gasteiger partial charge in [-0.05, 0) is 38.5 Å². The molecule has 0 saturated carbocycles. The minimum atomic E-state index is -5.01. The van der Waals surface area contributed by atoms with Crippen molar-refractivity contribution in [3.05, 3.63) is 66.2 Å². The Morgan fingerprint density at radius 1 is 0.923 bits per heavy atom. The highest BCUT2D eigenvalue weighted by Gasteiger charge is 2.54. The molecule has 0 unspecified atom stereocenters. The van der Waals surface area contributed by atoms with Crippen LogP contribution in [0.5, 0.6) is 0 Å². The number of hydrogen-bond donors (Lipinski definition) is 1. The summed E-state index contributed by atoms with van der Waals surface area (Å²) >= 11 is 0. The summed E-state index contributed by atoms with van der Waals surface area (Å²) in [6.45, 7) is 4.84. The predicted molar refractivity (Wildman–Crippen MR) is 98.8 cm³/mol. The molecule has 142 valence electrons. The highest BCUT2D eigenvalue weighted by atomic mass is 32.2. The highest BCUT2D eigenvalue weighted by Crippen LogP contribution is 2.40. The molecule has 0 aromatic heterocycles. The van der Waals surface area contributed by atoms with E-state index in [-0.39, 0.29) is 5.56 Å². The van der Waals surface area contributed by atoms with E-state index < -0.39 is 41.8 Å². The number of rotatable bonds is 6. The van der Waals surface area contributed by atoms with Crippen molar-refractivity contribution >= 4 is 20.8 Å². The normalized spacial score (nSPS) is 15.4. The minimum Gasteiger partial charge on any atom is -0.242 e. The lowest BCUT2D eigenvalue weighted by Gasteiger charge is -2.30. The fraction of sp³-hybridized carbons (Fsp3) is 0.333. The van der Waals surface area contributed by atoms with Gasteiger partial charge in [0.25, 0.3) is 0 Å². The molecule has 2 aromatic rings. The third kappa shape index (κ3) is 4.19. The maximum absolute atomic E-state index is 15.2. The number of halogens is 2. The summed E-state index contributed by atoms with van der Waals surface area (Å²) in [5, 5.41) is -4.21. The fourth-order valence-corrected chi connectivity index (χ4v) is 4.43. The molecule has 0 heterocycles. The minimum absolute atomic E-state index is 0.0367. The quantitative estimate of drug-likeness (QED) is 0.800. The third-order valence-electron chi connectivity index (χ3n) is 3.66. The average molecular weight is 402 g/mol. The van der Waals surface area contributed by atoms with Gasteiger partial charge in [-0.3, -0.25) is 0 Å². The Balaban J connectivity index is 2.55. The molecule has 2 rings (SSSR count). The third-order valence-corrected chi connectivity index (χ3v) is 7.07. The molecule has 0 radical (unpaired) electrons. The number of nitrogens with one attached hydrogen (secondary N) is 1. The summed E-state index contributed by atoms with van der Waals surface area (Å²) in [4.78, 5) is -0.491. The molecule has 0 aliphatic rings. The van der Waals surface area contributed by atoms with Crippen molar-refractivity contribution in [1.29, 1.82) is 0 Å². The summed E-state index contributed by atoms with van der Waals surface area (Å²) in [5.74, 6) is 0. The Morgan fingerprint density at radius 2 is 1.38 bits per heavy atom. The second-order valence-electron chi connectivity index (χ2n) is 6.72. The Bertz CT molecular complexity index is 864. The first kappa shape index (κ1) is 20.7. The van der Waals surface area contributed by atoms with Gasteiger partial charge in [-0.2, -0.15) is 8.78 Å². The average Bonchev–Trinajstić information content (AvgIpc) is 2.59. The highest BCUT2D eigenvalue weighted by molar-refractivity contribution is 7.92. The molecular formula is C18H21F2NO3S2. The topological polar surface area (TPSA) is 63.2 Å². The van der Waals surface area contributed by atoms with Crippen LogP contribution in [0.25, 0.3) is 0 Å². The summed E-state index contributed by atoms with van der Waals surface area (Å²) in [7, 11) is -6.91. The Labute approximate surface area is 155 Å². The van der Waals surface area contributed by atoms with Crippen LogP contribution in [0.15, 0.2) is 65.6 Å². The standard InChI is InChI=1S/C18H21F2NO3S2/c1-17(2,3)25(22)21-16(14-10-6-4-7-11-14)18(19,20)26(23,24)15-12-8-5-9-13-15/h4-13,16,21H,1-3H3/t16-,25-/m1/s1. The van der Waals surface area contributed by atoms with E-state index >= 15 is 8.78 Å². The molecule has 8 heteroatoms. The van der Waals surface area contributed by atoms with Crippen LogP contribution in [0, 0.1) is 0 Å². The SMILES string of the molecule is CC(C)(C)[S@@](=O)N[C@H](c1ccccc1)C(F)(F)S(=O)(=O)c1ccccc1. The van der Waals surface area contributed by atoms with Gasteiger partial charge in [-0.1, -0.05) is 48.5 Å².